The van der Waals surface area contributed by atoms with E-state index in [-0.39, 0.29) is 33.3 Å². The largest absolute Gasteiger partial charge is 0.451 e. The number of sulfonamides is 1. The maximum atomic E-state index is 14.5. The van der Waals surface area contributed by atoms with Gasteiger partial charge in [-0.1, -0.05) is 17.7 Å². The van der Waals surface area contributed by atoms with Crippen molar-refractivity contribution in [2.24, 2.45) is 0 Å². The van der Waals surface area contributed by atoms with Crippen molar-refractivity contribution in [1.82, 2.24) is 4.72 Å². The zero-order chi connectivity index (χ0) is 22.2. The quantitative estimate of drug-likeness (QED) is 0.564. The number of anilines is 1. The number of hydrogen-bond acceptors (Lipinski definition) is 6. The first-order chi connectivity index (χ1) is 14.8. The van der Waals surface area contributed by atoms with E-state index >= 15 is 0 Å². The Morgan fingerprint density at radius 3 is 2.71 bits per heavy atom. The van der Waals surface area contributed by atoms with Gasteiger partial charge in [0.25, 0.3) is 10.0 Å². The third kappa shape index (κ3) is 4.39. The van der Waals surface area contributed by atoms with E-state index in [4.69, 9.17) is 20.8 Å². The first kappa shape index (κ1) is 21.6. The molecule has 0 saturated carbocycles. The van der Waals surface area contributed by atoms with Crippen LogP contribution in [0, 0.1) is 5.82 Å². The van der Waals surface area contributed by atoms with Crippen LogP contribution in [0.15, 0.2) is 45.7 Å². The monoisotopic (exact) mass is 466 g/mol. The van der Waals surface area contributed by atoms with Crippen LogP contribution in [0.25, 0.3) is 11.0 Å². The number of fused-ring (bicyclic) bond motifs is 1. The highest BCUT2D eigenvalue weighted by Gasteiger charge is 2.25. The van der Waals surface area contributed by atoms with Crippen LogP contribution >= 0.6 is 11.6 Å². The third-order valence-corrected chi connectivity index (χ3v) is 6.81. The molecule has 1 aliphatic heterocycles. The number of carbonyl (C=O) groups excluding carboxylic acids is 1. The number of ether oxygens (including phenoxy) is 1. The fourth-order valence-corrected chi connectivity index (χ4v) is 4.75. The molecule has 1 saturated heterocycles. The summed E-state index contributed by atoms with van der Waals surface area (Å²) in [5.74, 6) is -1.89. The SMILES string of the molecule is CCOCc1ccc(Cl)c(S(=O)(=O)NC(=O)c2cc3c(F)cc(N4CCC4)cc3o2)c1. The second-order valence-corrected chi connectivity index (χ2v) is 9.19. The van der Waals surface area contributed by atoms with Crippen molar-refractivity contribution >= 4 is 44.2 Å². The fraction of sp³-hybridized carbons (Fsp3) is 0.286. The topological polar surface area (TPSA) is 88.8 Å². The van der Waals surface area contributed by atoms with Crippen molar-refractivity contribution in [2.75, 3.05) is 24.6 Å². The van der Waals surface area contributed by atoms with Gasteiger partial charge in [-0.25, -0.2) is 17.5 Å². The summed E-state index contributed by atoms with van der Waals surface area (Å²) in [5, 5.41) is 0.0546. The summed E-state index contributed by atoms with van der Waals surface area (Å²) >= 11 is 6.05. The number of nitrogens with one attached hydrogen (secondary N) is 1. The van der Waals surface area contributed by atoms with E-state index in [1.807, 2.05) is 16.5 Å². The molecule has 0 bridgehead atoms. The lowest BCUT2D eigenvalue weighted by Crippen LogP contribution is -2.36. The summed E-state index contributed by atoms with van der Waals surface area (Å²) in [7, 11) is -4.30. The summed E-state index contributed by atoms with van der Waals surface area (Å²) in [5.41, 5.74) is 1.41. The van der Waals surface area contributed by atoms with Crippen LogP contribution < -0.4 is 9.62 Å². The fourth-order valence-electron chi connectivity index (χ4n) is 3.24. The Bertz CT molecular complexity index is 1250. The van der Waals surface area contributed by atoms with Gasteiger partial charge in [-0.2, -0.15) is 0 Å². The van der Waals surface area contributed by atoms with Crippen LogP contribution in [0.5, 0.6) is 0 Å². The number of rotatable bonds is 7. The Kier molecular flexibility index (Phi) is 5.92. The van der Waals surface area contributed by atoms with Gasteiger partial charge in [0, 0.05) is 37.5 Å². The molecule has 0 radical (unpaired) electrons. The minimum Gasteiger partial charge on any atom is -0.451 e. The lowest BCUT2D eigenvalue weighted by molar-refractivity contribution is 0.0956. The first-order valence-corrected chi connectivity index (χ1v) is 11.6. The van der Waals surface area contributed by atoms with Crippen LogP contribution in [-0.4, -0.2) is 34.0 Å². The third-order valence-electron chi connectivity index (χ3n) is 5.00. The van der Waals surface area contributed by atoms with E-state index in [1.54, 1.807) is 12.1 Å². The molecule has 3 aromatic rings. The maximum Gasteiger partial charge on any atom is 0.300 e. The molecule has 0 atom stereocenters. The van der Waals surface area contributed by atoms with E-state index in [0.29, 0.717) is 17.9 Å². The van der Waals surface area contributed by atoms with Gasteiger partial charge in [0.1, 0.15) is 16.3 Å². The summed E-state index contributed by atoms with van der Waals surface area (Å²) in [6, 6.07) is 8.59. The molecule has 164 valence electrons. The summed E-state index contributed by atoms with van der Waals surface area (Å²) < 4.78 is 52.7. The van der Waals surface area contributed by atoms with E-state index in [2.05, 4.69) is 0 Å². The molecule has 1 aromatic heterocycles. The Labute approximate surface area is 183 Å². The zero-order valence-corrected chi connectivity index (χ0v) is 18.2. The standard InChI is InChI=1S/C21H20ClFN2O5S/c1-2-29-12-13-4-5-16(22)20(8-13)31(27,28)24-21(26)19-11-15-17(23)9-14(10-18(15)30-19)25-6-3-7-25/h4-5,8-11H,2-3,6-7,12H2,1H3,(H,24,26). The van der Waals surface area contributed by atoms with Gasteiger partial charge in [-0.05, 0) is 37.1 Å². The number of amides is 1. The normalized spacial score (nSPS) is 14.0. The van der Waals surface area contributed by atoms with Crippen molar-refractivity contribution < 1.29 is 26.8 Å². The molecule has 2 heterocycles. The summed E-state index contributed by atoms with van der Waals surface area (Å²) in [4.78, 5) is 14.3. The molecular formula is C21H20ClFN2O5S. The highest BCUT2D eigenvalue weighted by atomic mass is 35.5. The molecular weight excluding hydrogens is 447 g/mol. The number of carbonyl (C=O) groups is 1. The highest BCUT2D eigenvalue weighted by molar-refractivity contribution is 7.90. The van der Waals surface area contributed by atoms with Gasteiger partial charge >= 0.3 is 5.91 Å². The molecule has 1 N–H and O–H groups in total. The van der Waals surface area contributed by atoms with Crippen molar-refractivity contribution in [1.29, 1.82) is 0 Å². The van der Waals surface area contributed by atoms with Gasteiger partial charge < -0.3 is 14.1 Å². The number of nitrogens with zero attached hydrogens (tertiary/aromatic N) is 1. The van der Waals surface area contributed by atoms with Gasteiger partial charge in [-0.15, -0.1) is 0 Å². The second kappa shape index (κ2) is 8.49. The van der Waals surface area contributed by atoms with E-state index in [1.165, 1.54) is 24.3 Å². The second-order valence-electron chi connectivity index (χ2n) is 7.13. The average Bonchev–Trinajstić information content (AvgIpc) is 3.10. The van der Waals surface area contributed by atoms with Crippen molar-refractivity contribution in [3.8, 4) is 0 Å². The molecule has 4 rings (SSSR count). The lowest BCUT2D eigenvalue weighted by Gasteiger charge is -2.33. The molecule has 2 aromatic carbocycles. The Morgan fingerprint density at radius 1 is 1.26 bits per heavy atom. The predicted octanol–water partition coefficient (Wildman–Crippen LogP) is 4.09. The molecule has 0 unspecified atom stereocenters. The molecule has 1 aliphatic rings. The van der Waals surface area contributed by atoms with Crippen LogP contribution in [0.1, 0.15) is 29.5 Å². The smallest absolute Gasteiger partial charge is 0.300 e. The van der Waals surface area contributed by atoms with E-state index in [9.17, 15) is 17.6 Å². The number of halogens is 2. The van der Waals surface area contributed by atoms with E-state index < -0.39 is 21.7 Å². The van der Waals surface area contributed by atoms with Crippen molar-refractivity contribution in [3.05, 3.63) is 58.6 Å². The molecule has 0 spiro atoms. The van der Waals surface area contributed by atoms with Crippen LogP contribution in [0.2, 0.25) is 5.02 Å². The van der Waals surface area contributed by atoms with Gasteiger partial charge in [-0.3, -0.25) is 4.79 Å². The minimum absolute atomic E-state index is 0.0459. The van der Waals surface area contributed by atoms with Crippen LogP contribution in [0.3, 0.4) is 0 Å². The number of furan rings is 1. The molecule has 1 fully saturated rings. The maximum absolute atomic E-state index is 14.5. The highest BCUT2D eigenvalue weighted by Crippen LogP contribution is 2.30. The first-order valence-electron chi connectivity index (χ1n) is 9.70. The molecule has 7 nitrogen and oxygen atoms in total. The molecule has 31 heavy (non-hydrogen) atoms. The Balaban J connectivity index is 1.60. The number of benzene rings is 2. The predicted molar refractivity (Wildman–Crippen MR) is 114 cm³/mol. The Hall–Kier alpha value is -2.62. The minimum atomic E-state index is -4.30. The Morgan fingerprint density at radius 2 is 2.03 bits per heavy atom. The molecule has 0 aliphatic carbocycles. The van der Waals surface area contributed by atoms with Gasteiger partial charge in [0.2, 0.25) is 0 Å². The van der Waals surface area contributed by atoms with Gasteiger partial charge in [0.05, 0.1) is 17.0 Å². The van der Waals surface area contributed by atoms with Crippen molar-refractivity contribution in [3.63, 3.8) is 0 Å². The van der Waals surface area contributed by atoms with Gasteiger partial charge in [0.15, 0.2) is 5.76 Å². The zero-order valence-electron chi connectivity index (χ0n) is 16.7. The molecule has 10 heteroatoms. The number of hydrogen-bond donors (Lipinski definition) is 1. The molecule has 1 amide bonds. The average molecular weight is 467 g/mol. The van der Waals surface area contributed by atoms with E-state index in [0.717, 1.165) is 19.5 Å². The van der Waals surface area contributed by atoms with Crippen LogP contribution in [-0.2, 0) is 21.4 Å². The summed E-state index contributed by atoms with van der Waals surface area (Å²) in [6.45, 7) is 4.12. The van der Waals surface area contributed by atoms with Crippen LogP contribution in [0.4, 0.5) is 10.1 Å². The van der Waals surface area contributed by atoms with Crippen molar-refractivity contribution in [2.45, 2.75) is 24.8 Å². The lowest BCUT2D eigenvalue weighted by atomic mass is 10.1. The summed E-state index contributed by atoms with van der Waals surface area (Å²) in [6.07, 6.45) is 1.03.